The van der Waals surface area contributed by atoms with Crippen LogP contribution in [0.15, 0.2) is 65.8 Å². The summed E-state index contributed by atoms with van der Waals surface area (Å²) < 4.78 is 5.57. The molecule has 0 unspecified atom stereocenters. The van der Waals surface area contributed by atoms with Crippen LogP contribution in [0.3, 0.4) is 0 Å². The molecule has 0 aliphatic heterocycles. The first-order chi connectivity index (χ1) is 12.9. The lowest BCUT2D eigenvalue weighted by Gasteiger charge is -2.27. The molecule has 0 bridgehead atoms. The highest BCUT2D eigenvalue weighted by atomic mass is 35.5. The highest BCUT2D eigenvalue weighted by molar-refractivity contribution is 8.14. The van der Waals surface area contributed by atoms with Gasteiger partial charge in [0.15, 0.2) is 11.4 Å². The van der Waals surface area contributed by atoms with Gasteiger partial charge in [-0.15, -0.1) is 0 Å². The summed E-state index contributed by atoms with van der Waals surface area (Å²) in [4.78, 5) is 16.4. The number of thioether (sulfide) groups is 1. The van der Waals surface area contributed by atoms with Crippen LogP contribution in [0, 0.1) is 10.4 Å². The van der Waals surface area contributed by atoms with Crippen molar-refractivity contribution in [2.24, 2.45) is 0 Å². The molecule has 27 heavy (non-hydrogen) atoms. The van der Waals surface area contributed by atoms with E-state index in [1.807, 2.05) is 0 Å². The second-order valence-electron chi connectivity index (χ2n) is 5.23. The molecule has 0 amide bonds. The molecule has 0 saturated carbocycles. The molecule has 138 valence electrons. The second-order valence-corrected chi connectivity index (χ2v) is 7.07. The molecular formula is C18H11Cl2N2O4S-. The van der Waals surface area contributed by atoms with Crippen LogP contribution < -0.4 is 9.96 Å². The zero-order valence-electron chi connectivity index (χ0n) is 13.5. The van der Waals surface area contributed by atoms with E-state index < -0.39 is 5.23 Å². The highest BCUT2D eigenvalue weighted by Gasteiger charge is 2.16. The lowest BCUT2D eigenvalue weighted by molar-refractivity contribution is -0.715. The van der Waals surface area contributed by atoms with Gasteiger partial charge in [0, 0.05) is 22.8 Å². The molecule has 0 fully saturated rings. The number of rotatable bonds is 5. The van der Waals surface area contributed by atoms with Crippen molar-refractivity contribution in [1.29, 1.82) is 0 Å². The van der Waals surface area contributed by atoms with Crippen molar-refractivity contribution in [2.75, 3.05) is 0 Å². The number of quaternary nitrogens is 1. The van der Waals surface area contributed by atoms with Gasteiger partial charge in [-0.05, 0) is 54.2 Å². The predicted molar refractivity (Wildman–Crippen MR) is 105 cm³/mol. The Kier molecular flexibility index (Phi) is 6.33. The van der Waals surface area contributed by atoms with Crippen LogP contribution in [0.1, 0.15) is 10.4 Å². The number of ether oxygens (including phenoxy) is 1. The molecular weight excluding hydrogens is 411 g/mol. The van der Waals surface area contributed by atoms with Gasteiger partial charge >= 0.3 is 0 Å². The maximum absolute atomic E-state index is 12.4. The minimum atomic E-state index is -1.48. The predicted octanol–water partition coefficient (Wildman–Crippen LogP) is 4.63. The van der Waals surface area contributed by atoms with Gasteiger partial charge in [-0.1, -0.05) is 29.3 Å². The number of benzene rings is 2. The van der Waals surface area contributed by atoms with Crippen LogP contribution in [-0.2, 0) is 0 Å². The Bertz CT molecular complexity index is 971. The monoisotopic (exact) mass is 421 g/mol. The number of halogens is 2. The normalized spacial score (nSPS) is 10.9. The molecule has 0 saturated heterocycles. The Morgan fingerprint density at radius 3 is 2.48 bits per heavy atom. The number of carbonyl (C=O) groups excluding carboxylic acids is 1. The van der Waals surface area contributed by atoms with Crippen molar-refractivity contribution in [1.82, 2.24) is 4.98 Å². The van der Waals surface area contributed by atoms with Gasteiger partial charge in [0.2, 0.25) is 5.12 Å². The van der Waals surface area contributed by atoms with Crippen LogP contribution in [0.25, 0.3) is 0 Å². The first kappa shape index (κ1) is 19.6. The Labute approximate surface area is 168 Å². The Morgan fingerprint density at radius 1 is 1.04 bits per heavy atom. The molecule has 6 nitrogen and oxygen atoms in total. The van der Waals surface area contributed by atoms with E-state index >= 15 is 0 Å². The van der Waals surface area contributed by atoms with E-state index in [1.165, 1.54) is 30.3 Å². The zero-order valence-corrected chi connectivity index (χ0v) is 15.8. The summed E-state index contributed by atoms with van der Waals surface area (Å²) in [7, 11) is 0. The maximum atomic E-state index is 12.4. The van der Waals surface area contributed by atoms with Crippen molar-refractivity contribution in [3.05, 3.63) is 86.8 Å². The molecule has 1 N–H and O–H groups in total. The fraction of sp³-hybridized carbons (Fsp3) is 0. The van der Waals surface area contributed by atoms with Gasteiger partial charge < -0.3 is 20.4 Å². The lowest BCUT2D eigenvalue weighted by Crippen LogP contribution is -2.96. The molecule has 3 aromatic rings. The number of carbonyl (C=O) groups is 1. The highest BCUT2D eigenvalue weighted by Crippen LogP contribution is 2.35. The number of nitrogens with one attached hydrogen (secondary N) is 1. The average molecular weight is 422 g/mol. The average Bonchev–Trinajstić information content (AvgIpc) is 2.65. The molecule has 0 atom stereocenters. The quantitative estimate of drug-likeness (QED) is 0.477. The maximum Gasteiger partial charge on any atom is 0.225 e. The molecule has 0 spiro atoms. The molecule has 3 rings (SSSR count). The first-order valence-electron chi connectivity index (χ1n) is 7.55. The molecule has 0 aliphatic carbocycles. The van der Waals surface area contributed by atoms with E-state index in [0.717, 1.165) is 11.8 Å². The summed E-state index contributed by atoms with van der Waals surface area (Å²) in [5, 5.41) is 22.3. The topological polar surface area (TPSA) is 89.8 Å². The molecule has 1 heterocycles. The van der Waals surface area contributed by atoms with Crippen LogP contribution in [0.5, 0.6) is 11.5 Å². The van der Waals surface area contributed by atoms with E-state index in [4.69, 9.17) is 27.9 Å². The molecule has 9 heteroatoms. The minimum absolute atomic E-state index is 0.00129. The molecule has 0 aliphatic rings. The summed E-state index contributed by atoms with van der Waals surface area (Å²) in [5.41, 5.74) is -0.0899. The first-order valence-corrected chi connectivity index (χ1v) is 9.13. The molecule has 1 aromatic heterocycles. The summed E-state index contributed by atoms with van der Waals surface area (Å²) in [6.07, 6.45) is 1.56. The van der Waals surface area contributed by atoms with Crippen molar-refractivity contribution < 1.29 is 14.8 Å². The van der Waals surface area contributed by atoms with Gasteiger partial charge in [0.25, 0.3) is 0 Å². The van der Waals surface area contributed by atoms with Crippen LogP contribution in [0.2, 0.25) is 10.0 Å². The van der Waals surface area contributed by atoms with Crippen LogP contribution >= 0.6 is 35.0 Å². The van der Waals surface area contributed by atoms with E-state index in [0.29, 0.717) is 10.0 Å². The van der Waals surface area contributed by atoms with E-state index in [-0.39, 0.29) is 32.9 Å². The lowest BCUT2D eigenvalue weighted by atomic mass is 10.2. The van der Waals surface area contributed by atoms with Crippen molar-refractivity contribution in [3.63, 3.8) is 0 Å². The Balaban J connectivity index is 1.87. The number of hydrogen-bond acceptors (Lipinski definition) is 6. The van der Waals surface area contributed by atoms with Crippen LogP contribution in [0.4, 0.5) is 5.69 Å². The summed E-state index contributed by atoms with van der Waals surface area (Å²) >= 11 is 12.8. The van der Waals surface area contributed by atoms with Crippen molar-refractivity contribution >= 4 is 45.8 Å². The smallest absolute Gasteiger partial charge is 0.225 e. The third kappa shape index (κ3) is 4.98. The number of aromatic nitrogens is 1. The fourth-order valence-electron chi connectivity index (χ4n) is 2.14. The Hall–Kier alpha value is -2.13. The Morgan fingerprint density at radius 2 is 1.81 bits per heavy atom. The van der Waals surface area contributed by atoms with Crippen LogP contribution in [-0.4, -0.2) is 10.1 Å². The second kappa shape index (κ2) is 8.71. The summed E-state index contributed by atoms with van der Waals surface area (Å²) in [6.45, 7) is 0. The van der Waals surface area contributed by atoms with Gasteiger partial charge in [-0.2, -0.15) is 0 Å². The standard InChI is InChI=1S/C18H11Cl2N2O4S/c19-12-5-7-15(13(20)10-12)26-16-6-4-11(9-14(16)22(24)25)18(23)27-17-3-1-2-8-21-17/h1-10,22H/q-1. The third-order valence-electron chi connectivity index (χ3n) is 3.38. The molecule has 0 radical (unpaired) electrons. The SMILES string of the molecule is O=C(Sc1ccccn1)c1ccc(Oc2ccc(Cl)cc2Cl)c([NH+]([O-])[O-])c1. The summed E-state index contributed by atoms with van der Waals surface area (Å²) in [5.74, 6) is 0.226. The number of nitrogens with zero attached hydrogens (tertiary/aromatic N) is 1. The van der Waals surface area contributed by atoms with Gasteiger partial charge in [0.05, 0.1) is 5.02 Å². The largest absolute Gasteiger partial charge is 0.628 e. The molecule has 2 aromatic carbocycles. The number of pyridine rings is 1. The summed E-state index contributed by atoms with van der Waals surface area (Å²) in [6, 6.07) is 13.8. The number of hydrogen-bond donors (Lipinski definition) is 1. The zero-order chi connectivity index (χ0) is 19.4. The van der Waals surface area contributed by atoms with E-state index in [9.17, 15) is 15.2 Å². The van der Waals surface area contributed by atoms with Gasteiger partial charge in [0.1, 0.15) is 10.8 Å². The van der Waals surface area contributed by atoms with Gasteiger partial charge in [-0.3, -0.25) is 4.79 Å². The third-order valence-corrected chi connectivity index (χ3v) is 4.79. The van der Waals surface area contributed by atoms with E-state index in [1.54, 1.807) is 30.5 Å². The van der Waals surface area contributed by atoms with Gasteiger partial charge in [-0.25, -0.2) is 4.98 Å². The van der Waals surface area contributed by atoms with E-state index in [2.05, 4.69) is 4.98 Å². The van der Waals surface area contributed by atoms with Crippen molar-refractivity contribution in [2.45, 2.75) is 5.03 Å². The van der Waals surface area contributed by atoms with Crippen molar-refractivity contribution in [3.8, 4) is 11.5 Å². The minimum Gasteiger partial charge on any atom is -0.628 e. The fourth-order valence-corrected chi connectivity index (χ4v) is 3.29.